The number of carbonyl (C=O) groups is 1. The zero-order valence-corrected chi connectivity index (χ0v) is 12.9. The van der Waals surface area contributed by atoms with E-state index in [2.05, 4.69) is 5.32 Å². The largest absolute Gasteiger partial charge is 0.490 e. The number of fused-ring (bicyclic) bond motifs is 1. The number of rotatable bonds is 9. The van der Waals surface area contributed by atoms with Gasteiger partial charge in [-0.05, 0) is 24.8 Å². The van der Waals surface area contributed by atoms with Gasteiger partial charge in [0.05, 0.1) is 0 Å². The van der Waals surface area contributed by atoms with Crippen LogP contribution in [-0.4, -0.2) is 36.7 Å². The highest BCUT2D eigenvalue weighted by atomic mass is 16.5. The van der Waals surface area contributed by atoms with E-state index < -0.39 is 6.10 Å². The van der Waals surface area contributed by atoms with E-state index in [9.17, 15) is 9.90 Å². The lowest BCUT2D eigenvalue weighted by molar-refractivity contribution is -0.108. The molecule has 0 heterocycles. The average molecular weight is 301 g/mol. The van der Waals surface area contributed by atoms with Crippen LogP contribution in [0.3, 0.4) is 0 Å². The average Bonchev–Trinajstić information content (AvgIpc) is 2.56. The molecule has 4 nitrogen and oxygen atoms in total. The van der Waals surface area contributed by atoms with Crippen molar-refractivity contribution in [1.29, 1.82) is 0 Å². The van der Waals surface area contributed by atoms with Crippen molar-refractivity contribution in [2.24, 2.45) is 0 Å². The molecule has 0 radical (unpaired) electrons. The molecule has 0 saturated heterocycles. The normalized spacial score (nSPS) is 13.7. The Labute approximate surface area is 131 Å². The minimum absolute atomic E-state index is 0.206. The Bertz CT molecular complexity index is 594. The van der Waals surface area contributed by atoms with Gasteiger partial charge in [0.25, 0.3) is 0 Å². The number of hydrogen-bond acceptors (Lipinski definition) is 4. The van der Waals surface area contributed by atoms with E-state index >= 15 is 0 Å². The third-order valence-corrected chi connectivity index (χ3v) is 3.60. The molecule has 0 bridgehead atoms. The minimum Gasteiger partial charge on any atom is -0.490 e. The summed E-state index contributed by atoms with van der Waals surface area (Å²) >= 11 is 0. The number of nitrogens with one attached hydrogen (secondary N) is 1. The van der Waals surface area contributed by atoms with Crippen LogP contribution in [0.25, 0.3) is 10.8 Å². The first-order valence-electron chi connectivity index (χ1n) is 7.66. The van der Waals surface area contributed by atoms with Crippen molar-refractivity contribution < 1.29 is 14.6 Å². The molecule has 0 amide bonds. The lowest BCUT2D eigenvalue weighted by Crippen LogP contribution is -2.36. The fourth-order valence-corrected chi connectivity index (χ4v) is 2.32. The Kier molecular flexibility index (Phi) is 6.37. The van der Waals surface area contributed by atoms with Crippen molar-refractivity contribution in [3.63, 3.8) is 0 Å². The maximum Gasteiger partial charge on any atom is 0.127 e. The van der Waals surface area contributed by atoms with Crippen LogP contribution in [-0.2, 0) is 4.79 Å². The number of ether oxygens (including phenoxy) is 1. The molecule has 2 N–H and O–H groups in total. The van der Waals surface area contributed by atoms with Gasteiger partial charge in [0.15, 0.2) is 0 Å². The molecular formula is C18H23NO3. The predicted octanol–water partition coefficient (Wildman–Crippen LogP) is 2.54. The van der Waals surface area contributed by atoms with Gasteiger partial charge in [0, 0.05) is 24.4 Å². The van der Waals surface area contributed by atoms with E-state index in [1.54, 1.807) is 0 Å². The number of hydrogen-bond donors (Lipinski definition) is 2. The zero-order chi connectivity index (χ0) is 15.8. The number of carbonyl (C=O) groups excluding carboxylic acids is 1. The van der Waals surface area contributed by atoms with Gasteiger partial charge in [0.1, 0.15) is 24.7 Å². The van der Waals surface area contributed by atoms with Gasteiger partial charge in [-0.15, -0.1) is 0 Å². The Morgan fingerprint density at radius 2 is 2.00 bits per heavy atom. The summed E-state index contributed by atoms with van der Waals surface area (Å²) in [4.78, 5) is 10.3. The van der Waals surface area contributed by atoms with Crippen molar-refractivity contribution in [2.75, 3.05) is 13.2 Å². The second-order valence-corrected chi connectivity index (χ2v) is 5.50. The predicted molar refractivity (Wildman–Crippen MR) is 88.2 cm³/mol. The highest BCUT2D eigenvalue weighted by Gasteiger charge is 2.09. The van der Waals surface area contributed by atoms with Crippen LogP contribution >= 0.6 is 0 Å². The Hall–Kier alpha value is -1.91. The van der Waals surface area contributed by atoms with Gasteiger partial charge in [-0.25, -0.2) is 0 Å². The van der Waals surface area contributed by atoms with Crippen molar-refractivity contribution in [1.82, 2.24) is 5.32 Å². The quantitative estimate of drug-likeness (QED) is 0.699. The smallest absolute Gasteiger partial charge is 0.127 e. The molecule has 2 aromatic carbocycles. The van der Waals surface area contributed by atoms with E-state index in [1.807, 2.05) is 49.4 Å². The fraction of sp³-hybridized carbons (Fsp3) is 0.389. The summed E-state index contributed by atoms with van der Waals surface area (Å²) in [6, 6.07) is 14.1. The molecule has 0 aliphatic carbocycles. The molecule has 22 heavy (non-hydrogen) atoms. The van der Waals surface area contributed by atoms with Crippen molar-refractivity contribution in [3.05, 3.63) is 42.5 Å². The molecule has 2 unspecified atom stereocenters. The van der Waals surface area contributed by atoms with Crippen LogP contribution in [0.4, 0.5) is 0 Å². The molecule has 2 atom stereocenters. The van der Waals surface area contributed by atoms with Crippen LogP contribution in [0.2, 0.25) is 0 Å². The Morgan fingerprint density at radius 3 is 2.82 bits per heavy atom. The van der Waals surface area contributed by atoms with Gasteiger partial charge < -0.3 is 20.0 Å². The van der Waals surface area contributed by atoms with Crippen LogP contribution in [0.15, 0.2) is 42.5 Å². The van der Waals surface area contributed by atoms with Gasteiger partial charge in [-0.3, -0.25) is 0 Å². The summed E-state index contributed by atoms with van der Waals surface area (Å²) in [6.07, 6.45) is 1.65. The second-order valence-electron chi connectivity index (χ2n) is 5.50. The van der Waals surface area contributed by atoms with Crippen LogP contribution in [0.1, 0.15) is 19.8 Å². The van der Waals surface area contributed by atoms with E-state index in [-0.39, 0.29) is 12.6 Å². The number of aliphatic hydroxyl groups excluding tert-OH is 1. The van der Waals surface area contributed by atoms with Gasteiger partial charge in [-0.2, -0.15) is 0 Å². The summed E-state index contributed by atoms with van der Waals surface area (Å²) in [7, 11) is 0. The van der Waals surface area contributed by atoms with Gasteiger partial charge in [-0.1, -0.05) is 36.4 Å². The van der Waals surface area contributed by atoms with Crippen molar-refractivity contribution in [3.8, 4) is 5.75 Å². The van der Waals surface area contributed by atoms with E-state index in [4.69, 9.17) is 4.74 Å². The maximum absolute atomic E-state index is 10.3. The molecule has 118 valence electrons. The molecule has 0 spiro atoms. The number of benzene rings is 2. The summed E-state index contributed by atoms with van der Waals surface area (Å²) in [5.74, 6) is 0.783. The molecule has 0 saturated carbocycles. The first-order valence-corrected chi connectivity index (χ1v) is 7.66. The summed E-state index contributed by atoms with van der Waals surface area (Å²) in [6.45, 7) is 2.69. The molecule has 4 heteroatoms. The summed E-state index contributed by atoms with van der Waals surface area (Å²) < 4.78 is 5.75. The summed E-state index contributed by atoms with van der Waals surface area (Å²) in [5, 5.41) is 15.4. The van der Waals surface area contributed by atoms with Crippen LogP contribution in [0, 0.1) is 0 Å². The molecule has 2 aromatic rings. The summed E-state index contributed by atoms with van der Waals surface area (Å²) in [5.41, 5.74) is 0. The standard InChI is InChI=1S/C18H23NO3/c1-14(6-5-11-20)19-12-16(21)13-22-18-10-4-8-15-7-2-3-9-17(15)18/h2-4,7-11,14,16,19,21H,5-6,12-13H2,1H3. The van der Waals surface area contributed by atoms with Crippen molar-refractivity contribution in [2.45, 2.75) is 31.9 Å². The Morgan fingerprint density at radius 1 is 1.23 bits per heavy atom. The minimum atomic E-state index is -0.586. The van der Waals surface area contributed by atoms with E-state index in [0.717, 1.165) is 29.2 Å². The third-order valence-electron chi connectivity index (χ3n) is 3.60. The highest BCUT2D eigenvalue weighted by Crippen LogP contribution is 2.25. The first kappa shape index (κ1) is 16.5. The Balaban J connectivity index is 1.82. The maximum atomic E-state index is 10.3. The topological polar surface area (TPSA) is 58.6 Å². The van der Waals surface area contributed by atoms with E-state index in [1.165, 1.54) is 0 Å². The van der Waals surface area contributed by atoms with Crippen LogP contribution < -0.4 is 10.1 Å². The second kappa shape index (κ2) is 8.51. The first-order chi connectivity index (χ1) is 10.7. The molecular weight excluding hydrogens is 278 g/mol. The highest BCUT2D eigenvalue weighted by molar-refractivity contribution is 5.88. The molecule has 0 aliphatic rings. The van der Waals surface area contributed by atoms with Crippen LogP contribution in [0.5, 0.6) is 5.75 Å². The lowest BCUT2D eigenvalue weighted by Gasteiger charge is -2.17. The van der Waals surface area contributed by atoms with E-state index in [0.29, 0.717) is 13.0 Å². The molecule has 0 fully saturated rings. The molecule has 0 aromatic heterocycles. The fourth-order valence-electron chi connectivity index (χ4n) is 2.32. The zero-order valence-electron chi connectivity index (χ0n) is 12.9. The molecule has 0 aliphatic heterocycles. The number of aldehydes is 1. The lowest BCUT2D eigenvalue weighted by atomic mass is 10.1. The SMILES string of the molecule is CC(CCC=O)NCC(O)COc1cccc2ccccc12. The van der Waals surface area contributed by atoms with Gasteiger partial charge in [0.2, 0.25) is 0 Å². The van der Waals surface area contributed by atoms with Crippen molar-refractivity contribution >= 4 is 17.1 Å². The number of aliphatic hydroxyl groups is 1. The monoisotopic (exact) mass is 301 g/mol. The third kappa shape index (κ3) is 4.83. The molecule has 2 rings (SSSR count). The van der Waals surface area contributed by atoms with Gasteiger partial charge >= 0.3 is 0 Å².